The van der Waals surface area contributed by atoms with Crippen LogP contribution in [0.3, 0.4) is 0 Å². The van der Waals surface area contributed by atoms with E-state index in [9.17, 15) is 9.90 Å². The maximum absolute atomic E-state index is 10.1. The minimum Gasteiger partial charge on any atom is -0.550 e. The Morgan fingerprint density at radius 2 is 1.64 bits per heavy atom. The van der Waals surface area contributed by atoms with Crippen molar-refractivity contribution in [3.8, 4) is 0 Å². The van der Waals surface area contributed by atoms with Crippen LogP contribution >= 0.6 is 0 Å². The number of carboxylic acids is 1. The number of rotatable bonds is 8. The molecule has 0 aliphatic heterocycles. The SMILES string of the molecule is O=C([O-])CCCN(CCO)CCO.[Na+]. The second-order valence-corrected chi connectivity index (χ2v) is 2.76. The van der Waals surface area contributed by atoms with E-state index in [4.69, 9.17) is 10.2 Å². The molecule has 14 heavy (non-hydrogen) atoms. The van der Waals surface area contributed by atoms with Crippen LogP contribution in [0.1, 0.15) is 12.8 Å². The summed E-state index contributed by atoms with van der Waals surface area (Å²) in [5.41, 5.74) is 0. The topological polar surface area (TPSA) is 83.8 Å². The molecule has 0 bridgehead atoms. The molecule has 0 saturated carbocycles. The molecule has 0 fully saturated rings. The first-order chi connectivity index (χ1) is 6.20. The summed E-state index contributed by atoms with van der Waals surface area (Å²) in [4.78, 5) is 11.9. The van der Waals surface area contributed by atoms with Crippen LogP contribution in [-0.4, -0.2) is 53.9 Å². The molecule has 6 heteroatoms. The molecule has 0 amide bonds. The maximum Gasteiger partial charge on any atom is 1.00 e. The average Bonchev–Trinajstić information content (AvgIpc) is 2.04. The first-order valence-electron chi connectivity index (χ1n) is 4.34. The molecule has 0 heterocycles. The smallest absolute Gasteiger partial charge is 0.550 e. The van der Waals surface area contributed by atoms with Crippen LogP contribution < -0.4 is 34.7 Å². The molecular weight excluding hydrogens is 197 g/mol. The van der Waals surface area contributed by atoms with Crippen molar-refractivity contribution in [1.82, 2.24) is 4.90 Å². The van der Waals surface area contributed by atoms with Crippen LogP contribution in [0.5, 0.6) is 0 Å². The molecular formula is C8H16NNaO4. The third-order valence-corrected chi connectivity index (χ3v) is 1.69. The zero-order chi connectivity index (χ0) is 10.1. The summed E-state index contributed by atoms with van der Waals surface area (Å²) < 4.78 is 0. The van der Waals surface area contributed by atoms with Gasteiger partial charge in [0.2, 0.25) is 0 Å². The van der Waals surface area contributed by atoms with E-state index < -0.39 is 5.97 Å². The Bertz CT molecular complexity index is 139. The summed E-state index contributed by atoms with van der Waals surface area (Å²) in [6.45, 7) is 1.53. The quantitative estimate of drug-likeness (QED) is 0.394. The zero-order valence-corrected chi connectivity index (χ0v) is 10.6. The van der Waals surface area contributed by atoms with E-state index in [1.807, 2.05) is 4.90 Å². The summed E-state index contributed by atoms with van der Waals surface area (Å²) in [5.74, 6) is -1.06. The average molecular weight is 213 g/mol. The van der Waals surface area contributed by atoms with Crippen molar-refractivity contribution in [3.63, 3.8) is 0 Å². The van der Waals surface area contributed by atoms with Crippen molar-refractivity contribution < 1.29 is 49.7 Å². The fraction of sp³-hybridized carbons (Fsp3) is 0.875. The van der Waals surface area contributed by atoms with Crippen molar-refractivity contribution in [2.24, 2.45) is 0 Å². The third-order valence-electron chi connectivity index (χ3n) is 1.69. The molecule has 0 saturated heterocycles. The molecule has 0 unspecified atom stereocenters. The summed E-state index contributed by atoms with van der Waals surface area (Å²) in [6, 6.07) is 0. The van der Waals surface area contributed by atoms with Gasteiger partial charge in [-0.15, -0.1) is 0 Å². The monoisotopic (exact) mass is 213 g/mol. The largest absolute Gasteiger partial charge is 1.00 e. The summed E-state index contributed by atoms with van der Waals surface area (Å²) in [6.07, 6.45) is 0.510. The van der Waals surface area contributed by atoms with Crippen LogP contribution in [0.15, 0.2) is 0 Å². The van der Waals surface area contributed by atoms with Crippen LogP contribution in [0.4, 0.5) is 0 Å². The number of carbonyl (C=O) groups excluding carboxylic acids is 1. The Morgan fingerprint density at radius 1 is 1.14 bits per heavy atom. The van der Waals surface area contributed by atoms with E-state index >= 15 is 0 Å². The van der Waals surface area contributed by atoms with Gasteiger partial charge >= 0.3 is 29.6 Å². The van der Waals surface area contributed by atoms with Gasteiger partial charge in [0.25, 0.3) is 0 Å². The number of aliphatic hydroxyl groups is 2. The number of aliphatic hydroxyl groups excluding tert-OH is 2. The zero-order valence-electron chi connectivity index (χ0n) is 8.61. The Balaban J connectivity index is 0. The maximum atomic E-state index is 10.1. The predicted octanol–water partition coefficient (Wildman–Crippen LogP) is -5.19. The van der Waals surface area contributed by atoms with Crippen LogP contribution in [-0.2, 0) is 4.79 Å². The molecule has 0 aliphatic carbocycles. The summed E-state index contributed by atoms with van der Waals surface area (Å²) >= 11 is 0. The van der Waals surface area contributed by atoms with Crippen molar-refractivity contribution in [2.45, 2.75) is 12.8 Å². The fourth-order valence-corrected chi connectivity index (χ4v) is 1.07. The Morgan fingerprint density at radius 3 is 2.00 bits per heavy atom. The Labute approximate surface area is 106 Å². The molecule has 0 spiro atoms. The Kier molecular flexibility index (Phi) is 13.7. The van der Waals surface area contributed by atoms with Crippen LogP contribution in [0, 0.1) is 0 Å². The van der Waals surface area contributed by atoms with Gasteiger partial charge in [-0.1, -0.05) is 0 Å². The van der Waals surface area contributed by atoms with E-state index in [-0.39, 0.29) is 49.2 Å². The second-order valence-electron chi connectivity index (χ2n) is 2.76. The Hall–Kier alpha value is 0.350. The van der Waals surface area contributed by atoms with Gasteiger partial charge < -0.3 is 20.1 Å². The van der Waals surface area contributed by atoms with Crippen molar-refractivity contribution >= 4 is 5.97 Å². The minimum atomic E-state index is -1.06. The van der Waals surface area contributed by atoms with Crippen molar-refractivity contribution in [3.05, 3.63) is 0 Å². The molecule has 0 aromatic carbocycles. The second kappa shape index (κ2) is 11.4. The first-order valence-corrected chi connectivity index (χ1v) is 4.34. The number of carbonyl (C=O) groups is 1. The van der Waals surface area contributed by atoms with E-state index in [1.54, 1.807) is 0 Å². The van der Waals surface area contributed by atoms with Gasteiger partial charge in [-0.05, 0) is 19.4 Å². The molecule has 0 aromatic rings. The van der Waals surface area contributed by atoms with E-state index in [1.165, 1.54) is 0 Å². The molecule has 0 aromatic heterocycles. The molecule has 78 valence electrons. The molecule has 0 atom stereocenters. The number of hydrogen-bond donors (Lipinski definition) is 2. The molecule has 2 N–H and O–H groups in total. The third kappa shape index (κ3) is 10.4. The van der Waals surface area contributed by atoms with E-state index in [0.717, 1.165) is 0 Å². The number of carboxylic acid groups (broad SMARTS) is 1. The van der Waals surface area contributed by atoms with Gasteiger partial charge in [-0.25, -0.2) is 0 Å². The van der Waals surface area contributed by atoms with Gasteiger partial charge in [-0.2, -0.15) is 0 Å². The first kappa shape index (κ1) is 16.8. The number of nitrogens with zero attached hydrogens (tertiary/aromatic N) is 1. The van der Waals surface area contributed by atoms with Gasteiger partial charge in [0.15, 0.2) is 0 Å². The number of hydrogen-bond acceptors (Lipinski definition) is 5. The molecule has 0 rings (SSSR count). The number of aliphatic carboxylic acids is 1. The van der Waals surface area contributed by atoms with Gasteiger partial charge in [-0.3, -0.25) is 4.90 Å². The fourth-order valence-electron chi connectivity index (χ4n) is 1.07. The van der Waals surface area contributed by atoms with Crippen LogP contribution in [0.2, 0.25) is 0 Å². The summed E-state index contributed by atoms with van der Waals surface area (Å²) in [7, 11) is 0. The van der Waals surface area contributed by atoms with Gasteiger partial charge in [0.05, 0.1) is 13.2 Å². The molecule has 0 aliphatic rings. The normalized spacial score (nSPS) is 9.93. The molecule has 5 nitrogen and oxygen atoms in total. The minimum absolute atomic E-state index is 0. The van der Waals surface area contributed by atoms with Crippen molar-refractivity contribution in [1.29, 1.82) is 0 Å². The van der Waals surface area contributed by atoms with E-state index in [2.05, 4.69) is 0 Å². The predicted molar refractivity (Wildman–Crippen MR) is 44.9 cm³/mol. The summed E-state index contributed by atoms with van der Waals surface area (Å²) in [5, 5.41) is 27.3. The van der Waals surface area contributed by atoms with E-state index in [0.29, 0.717) is 26.1 Å². The van der Waals surface area contributed by atoms with Gasteiger partial charge in [0.1, 0.15) is 0 Å². The van der Waals surface area contributed by atoms with Gasteiger partial charge in [0, 0.05) is 19.1 Å². The standard InChI is InChI=1S/C8H17NO4.Na/c10-6-4-9(5-7-11)3-1-2-8(12)13;/h10-11H,1-7H2,(H,12,13);/q;+1/p-1. The molecule has 0 radical (unpaired) electrons. The van der Waals surface area contributed by atoms with Crippen molar-refractivity contribution in [2.75, 3.05) is 32.8 Å². The van der Waals surface area contributed by atoms with Crippen LogP contribution in [0.25, 0.3) is 0 Å².